The highest BCUT2D eigenvalue weighted by Crippen LogP contribution is 2.16. The number of halogens is 2. The molecule has 2 aromatic heterocycles. The summed E-state index contributed by atoms with van der Waals surface area (Å²) in [6, 6.07) is 2.95. The number of fused-ring (bicyclic) bond motifs is 1. The smallest absolute Gasteiger partial charge is 0.387 e. The molecule has 0 aliphatic rings. The van der Waals surface area contributed by atoms with Gasteiger partial charge in [0.1, 0.15) is 11.4 Å². The van der Waals surface area contributed by atoms with Gasteiger partial charge in [0.05, 0.1) is 0 Å². The molecule has 0 aliphatic carbocycles. The molecule has 16 heavy (non-hydrogen) atoms. The fourth-order valence-electron chi connectivity index (χ4n) is 1.26. The molecule has 0 atom stereocenters. The van der Waals surface area contributed by atoms with E-state index in [4.69, 9.17) is 0 Å². The van der Waals surface area contributed by atoms with Crippen LogP contribution in [-0.2, 0) is 0 Å². The molecule has 0 amide bonds. The van der Waals surface area contributed by atoms with Gasteiger partial charge in [0.25, 0.3) is 0 Å². The van der Waals surface area contributed by atoms with Crippen LogP contribution in [0.4, 0.5) is 8.78 Å². The van der Waals surface area contributed by atoms with E-state index in [0.29, 0.717) is 5.65 Å². The number of hydrogen-bond acceptors (Lipinski definition) is 2. The van der Waals surface area contributed by atoms with E-state index in [-0.39, 0.29) is 5.75 Å². The molecule has 0 radical (unpaired) electrons. The molecule has 88 valence electrons. The molecule has 2 heterocycles. The van der Waals surface area contributed by atoms with Gasteiger partial charge in [0.2, 0.25) is 0 Å². The van der Waals surface area contributed by atoms with Crippen LogP contribution in [-0.4, -0.2) is 16.0 Å². The Morgan fingerprint density at radius 3 is 2.69 bits per heavy atom. The molecule has 0 aliphatic heterocycles. The molecule has 0 aromatic carbocycles. The zero-order chi connectivity index (χ0) is 12.1. The molecule has 2 rings (SSSR count). The van der Waals surface area contributed by atoms with Crippen LogP contribution in [0.25, 0.3) is 5.65 Å². The Kier molecular flexibility index (Phi) is 4.22. The lowest BCUT2D eigenvalue weighted by Crippen LogP contribution is -2.02. The standard InChI is InChI=1S/C9H8F2N2O.C2H6/c1-6-5-12-8-4-7(14-9(10)11)2-3-13(6)8;1-2/h2-5,9H,1H3;1-2H3. The first kappa shape index (κ1) is 12.4. The normalized spacial score (nSPS) is 10.1. The molecule has 0 unspecified atom stereocenters. The van der Waals surface area contributed by atoms with Gasteiger partial charge in [-0.2, -0.15) is 8.78 Å². The van der Waals surface area contributed by atoms with Gasteiger partial charge >= 0.3 is 6.61 Å². The van der Waals surface area contributed by atoms with E-state index in [1.165, 1.54) is 12.1 Å². The van der Waals surface area contributed by atoms with Crippen LogP contribution in [0.2, 0.25) is 0 Å². The second-order valence-electron chi connectivity index (χ2n) is 2.87. The van der Waals surface area contributed by atoms with Gasteiger partial charge < -0.3 is 9.14 Å². The van der Waals surface area contributed by atoms with Crippen molar-refractivity contribution in [3.05, 3.63) is 30.2 Å². The van der Waals surface area contributed by atoms with Crippen LogP contribution in [0.5, 0.6) is 5.75 Å². The molecule has 0 spiro atoms. The number of pyridine rings is 1. The summed E-state index contributed by atoms with van der Waals surface area (Å²) in [6.07, 6.45) is 3.32. The van der Waals surface area contributed by atoms with E-state index in [9.17, 15) is 8.78 Å². The lowest BCUT2D eigenvalue weighted by Gasteiger charge is -2.04. The van der Waals surface area contributed by atoms with E-state index < -0.39 is 6.61 Å². The maximum atomic E-state index is 11.9. The molecule has 0 saturated carbocycles. The van der Waals surface area contributed by atoms with Gasteiger partial charge in [0, 0.05) is 24.2 Å². The van der Waals surface area contributed by atoms with Gasteiger partial charge in [-0.3, -0.25) is 0 Å². The first-order valence-electron chi connectivity index (χ1n) is 5.05. The minimum atomic E-state index is -2.80. The zero-order valence-electron chi connectivity index (χ0n) is 9.45. The number of alkyl halides is 2. The Morgan fingerprint density at radius 2 is 2.06 bits per heavy atom. The summed E-state index contributed by atoms with van der Waals surface area (Å²) in [5.41, 5.74) is 1.55. The largest absolute Gasteiger partial charge is 0.435 e. The Labute approximate surface area is 92.7 Å². The maximum absolute atomic E-state index is 11.9. The highest BCUT2D eigenvalue weighted by Gasteiger charge is 2.05. The molecular weight excluding hydrogens is 214 g/mol. The number of ether oxygens (including phenoxy) is 1. The third kappa shape index (κ3) is 2.68. The molecule has 5 heteroatoms. The maximum Gasteiger partial charge on any atom is 0.387 e. The number of rotatable bonds is 2. The predicted molar refractivity (Wildman–Crippen MR) is 57.9 cm³/mol. The average molecular weight is 228 g/mol. The van der Waals surface area contributed by atoms with Crippen molar-refractivity contribution in [1.82, 2.24) is 9.38 Å². The van der Waals surface area contributed by atoms with Crippen molar-refractivity contribution in [2.45, 2.75) is 27.4 Å². The topological polar surface area (TPSA) is 26.5 Å². The van der Waals surface area contributed by atoms with Crippen LogP contribution in [0.15, 0.2) is 24.5 Å². The highest BCUT2D eigenvalue weighted by atomic mass is 19.3. The third-order valence-corrected chi connectivity index (χ3v) is 1.89. The molecule has 0 fully saturated rings. The lowest BCUT2D eigenvalue weighted by molar-refractivity contribution is -0.0498. The Morgan fingerprint density at radius 1 is 1.38 bits per heavy atom. The van der Waals surface area contributed by atoms with Crippen LogP contribution >= 0.6 is 0 Å². The fourth-order valence-corrected chi connectivity index (χ4v) is 1.26. The molecule has 0 bridgehead atoms. The summed E-state index contributed by atoms with van der Waals surface area (Å²) in [5.74, 6) is 0.123. The van der Waals surface area contributed by atoms with Crippen LogP contribution in [0.1, 0.15) is 19.5 Å². The van der Waals surface area contributed by atoms with Crippen molar-refractivity contribution in [3.8, 4) is 5.75 Å². The summed E-state index contributed by atoms with van der Waals surface area (Å²) < 4.78 is 29.8. The average Bonchev–Trinajstić information content (AvgIpc) is 2.62. The van der Waals surface area contributed by atoms with Gasteiger partial charge in [0.15, 0.2) is 0 Å². The van der Waals surface area contributed by atoms with E-state index in [0.717, 1.165) is 5.69 Å². The van der Waals surface area contributed by atoms with Crippen LogP contribution in [0.3, 0.4) is 0 Å². The number of aromatic nitrogens is 2. The summed E-state index contributed by atoms with van der Waals surface area (Å²) in [5, 5.41) is 0. The minimum Gasteiger partial charge on any atom is -0.435 e. The van der Waals surface area contributed by atoms with E-state index in [1.807, 2.05) is 20.8 Å². The number of nitrogens with zero attached hydrogens (tertiary/aromatic N) is 2. The van der Waals surface area contributed by atoms with Crippen molar-refractivity contribution in [2.75, 3.05) is 0 Å². The van der Waals surface area contributed by atoms with E-state index >= 15 is 0 Å². The monoisotopic (exact) mass is 228 g/mol. The first-order chi connectivity index (χ1) is 7.66. The summed E-state index contributed by atoms with van der Waals surface area (Å²) in [4.78, 5) is 4.02. The Balaban J connectivity index is 0.000000606. The lowest BCUT2D eigenvalue weighted by atomic mass is 10.4. The van der Waals surface area contributed by atoms with E-state index in [2.05, 4.69) is 9.72 Å². The van der Waals surface area contributed by atoms with Crippen LogP contribution in [0, 0.1) is 6.92 Å². The Bertz CT molecular complexity index is 454. The predicted octanol–water partition coefficient (Wildman–Crippen LogP) is 3.27. The zero-order valence-corrected chi connectivity index (χ0v) is 9.45. The Hall–Kier alpha value is -1.65. The SMILES string of the molecule is CC.Cc1cnc2cc(OC(F)F)ccn12. The number of aryl methyl sites for hydroxylation is 1. The van der Waals surface area contributed by atoms with Gasteiger partial charge in [-0.15, -0.1) is 0 Å². The van der Waals surface area contributed by atoms with E-state index in [1.54, 1.807) is 16.8 Å². The summed E-state index contributed by atoms with van der Waals surface area (Å²) in [6.45, 7) is 3.08. The first-order valence-corrected chi connectivity index (χ1v) is 5.05. The van der Waals surface area contributed by atoms with Crippen molar-refractivity contribution in [1.29, 1.82) is 0 Å². The highest BCUT2D eigenvalue weighted by molar-refractivity contribution is 5.45. The van der Waals surface area contributed by atoms with Gasteiger partial charge in [-0.1, -0.05) is 13.8 Å². The van der Waals surface area contributed by atoms with Gasteiger partial charge in [-0.05, 0) is 13.0 Å². The van der Waals surface area contributed by atoms with Crippen molar-refractivity contribution >= 4 is 5.65 Å². The van der Waals surface area contributed by atoms with Crippen molar-refractivity contribution in [3.63, 3.8) is 0 Å². The molecule has 0 saturated heterocycles. The summed E-state index contributed by atoms with van der Waals surface area (Å²) in [7, 11) is 0. The summed E-state index contributed by atoms with van der Waals surface area (Å²) >= 11 is 0. The van der Waals surface area contributed by atoms with Crippen molar-refractivity contribution < 1.29 is 13.5 Å². The van der Waals surface area contributed by atoms with Gasteiger partial charge in [-0.25, -0.2) is 4.98 Å². The molecule has 2 aromatic rings. The second kappa shape index (κ2) is 5.44. The van der Waals surface area contributed by atoms with Crippen molar-refractivity contribution in [2.24, 2.45) is 0 Å². The fraction of sp³-hybridized carbons (Fsp3) is 0.364. The number of imidazole rings is 1. The molecule has 3 nitrogen and oxygen atoms in total. The quantitative estimate of drug-likeness (QED) is 0.788. The molecule has 0 N–H and O–H groups in total. The number of hydrogen-bond donors (Lipinski definition) is 0. The van der Waals surface area contributed by atoms with Crippen LogP contribution < -0.4 is 4.74 Å². The third-order valence-electron chi connectivity index (χ3n) is 1.89. The second-order valence-corrected chi connectivity index (χ2v) is 2.87. The minimum absolute atomic E-state index is 0.123. The molecular formula is C11H14F2N2O.